The molecule has 0 aliphatic carbocycles. The van der Waals surface area contributed by atoms with Crippen LogP contribution >= 0.6 is 0 Å². The van der Waals surface area contributed by atoms with E-state index in [1.807, 2.05) is 105 Å². The summed E-state index contributed by atoms with van der Waals surface area (Å²) in [6.07, 6.45) is -1.14. The van der Waals surface area contributed by atoms with Crippen LogP contribution < -0.4 is 0 Å². The second-order valence-corrected chi connectivity index (χ2v) is 9.14. The van der Waals surface area contributed by atoms with E-state index < -0.39 is 35.7 Å². The molecule has 172 valence electrons. The van der Waals surface area contributed by atoms with Crippen LogP contribution in [0.3, 0.4) is 0 Å². The van der Waals surface area contributed by atoms with E-state index in [4.69, 9.17) is 9.57 Å². The minimum Gasteiger partial charge on any atom is -0.441 e. The number of benzene rings is 3. The molecular formula is C28H26N2O4. The second kappa shape index (κ2) is 8.78. The molecule has 5 rings (SSSR count). The van der Waals surface area contributed by atoms with E-state index in [1.54, 1.807) is 0 Å². The van der Waals surface area contributed by atoms with E-state index in [1.165, 1.54) is 4.90 Å². The molecule has 0 spiro atoms. The predicted octanol–water partition coefficient (Wildman–Crippen LogP) is 4.94. The summed E-state index contributed by atoms with van der Waals surface area (Å²) >= 11 is 0. The molecule has 6 heteroatoms. The molecule has 2 aliphatic heterocycles. The fraction of sp³-hybridized carbons (Fsp3) is 0.250. The monoisotopic (exact) mass is 454 g/mol. The molecule has 2 heterocycles. The first kappa shape index (κ1) is 21.9. The highest BCUT2D eigenvalue weighted by Gasteiger charge is 2.54. The summed E-state index contributed by atoms with van der Waals surface area (Å²) in [6.45, 7) is 3.67. The summed E-state index contributed by atoms with van der Waals surface area (Å²) in [6, 6.07) is 28.6. The number of hydrogen-bond donors (Lipinski definition) is 0. The van der Waals surface area contributed by atoms with Gasteiger partial charge in [-0.3, -0.25) is 4.79 Å². The van der Waals surface area contributed by atoms with Gasteiger partial charge in [0, 0.05) is 5.56 Å². The van der Waals surface area contributed by atoms with Crippen molar-refractivity contribution in [3.05, 3.63) is 108 Å². The zero-order chi connectivity index (χ0) is 23.7. The van der Waals surface area contributed by atoms with Crippen LogP contribution in [0.5, 0.6) is 0 Å². The van der Waals surface area contributed by atoms with Crippen molar-refractivity contribution in [1.29, 1.82) is 0 Å². The number of carbonyl (C=O) groups excluding carboxylic acids is 2. The predicted molar refractivity (Wildman–Crippen MR) is 128 cm³/mol. The average Bonchev–Trinajstić information content (AvgIpc) is 3.39. The summed E-state index contributed by atoms with van der Waals surface area (Å²) in [5.41, 5.74) is 2.61. The molecule has 2 aliphatic rings. The zero-order valence-electron chi connectivity index (χ0n) is 19.1. The van der Waals surface area contributed by atoms with Gasteiger partial charge >= 0.3 is 6.09 Å². The maximum absolute atomic E-state index is 13.9. The van der Waals surface area contributed by atoms with Gasteiger partial charge in [0.05, 0.1) is 17.7 Å². The van der Waals surface area contributed by atoms with Crippen LogP contribution in [0.15, 0.2) is 96.2 Å². The molecule has 6 nitrogen and oxygen atoms in total. The standard InChI is InChI=1S/C28H26N2O4/c1-28(2)22(18-19-12-6-3-7-13-19)30(27(32)33-28)26(31)25-23(20-14-8-4-9-15-20)24(29-34-25)21-16-10-5-11-17-21/h3-17,22-23,25H,18H2,1-2H3/t22-,23?,25?/m0/s1. The number of hydrogen-bond acceptors (Lipinski definition) is 5. The van der Waals surface area contributed by atoms with Gasteiger partial charge in [0.15, 0.2) is 0 Å². The van der Waals surface area contributed by atoms with Crippen LogP contribution in [0.4, 0.5) is 4.79 Å². The summed E-state index contributed by atoms with van der Waals surface area (Å²) in [5, 5.41) is 4.33. The van der Waals surface area contributed by atoms with Gasteiger partial charge in [-0.05, 0) is 31.4 Å². The third kappa shape index (κ3) is 3.96. The molecule has 3 aromatic carbocycles. The number of carbonyl (C=O) groups is 2. The largest absolute Gasteiger partial charge is 0.441 e. The molecule has 2 unspecified atom stereocenters. The Morgan fingerprint density at radius 1 is 0.912 bits per heavy atom. The van der Waals surface area contributed by atoms with Crippen molar-refractivity contribution >= 4 is 17.7 Å². The number of cyclic esters (lactones) is 1. The Morgan fingerprint density at radius 2 is 1.50 bits per heavy atom. The molecule has 34 heavy (non-hydrogen) atoms. The summed E-state index contributed by atoms with van der Waals surface area (Å²) < 4.78 is 5.65. The Labute approximate surface area is 198 Å². The molecule has 0 aromatic heterocycles. The Hall–Kier alpha value is -3.93. The first-order valence-corrected chi connectivity index (χ1v) is 11.4. The normalized spacial score (nSPS) is 23.2. The number of amides is 2. The number of rotatable bonds is 5. The molecule has 0 radical (unpaired) electrons. The van der Waals surface area contributed by atoms with Crippen LogP contribution in [-0.4, -0.2) is 40.4 Å². The van der Waals surface area contributed by atoms with Gasteiger partial charge in [-0.15, -0.1) is 0 Å². The fourth-order valence-electron chi connectivity index (χ4n) is 4.73. The van der Waals surface area contributed by atoms with E-state index in [0.29, 0.717) is 12.1 Å². The van der Waals surface area contributed by atoms with E-state index in [2.05, 4.69) is 5.16 Å². The lowest BCUT2D eigenvalue weighted by molar-refractivity contribution is -0.141. The van der Waals surface area contributed by atoms with Gasteiger partial charge in [0.1, 0.15) is 5.60 Å². The molecule has 1 fully saturated rings. The number of ether oxygens (including phenoxy) is 1. The van der Waals surface area contributed by atoms with Gasteiger partial charge in [-0.25, -0.2) is 9.69 Å². The van der Waals surface area contributed by atoms with Crippen LogP contribution in [0.25, 0.3) is 0 Å². The van der Waals surface area contributed by atoms with Crippen molar-refractivity contribution in [3.63, 3.8) is 0 Å². The first-order chi connectivity index (χ1) is 16.5. The molecule has 3 aromatic rings. The van der Waals surface area contributed by atoms with Gasteiger partial charge < -0.3 is 9.57 Å². The van der Waals surface area contributed by atoms with Crippen molar-refractivity contribution in [2.75, 3.05) is 0 Å². The first-order valence-electron chi connectivity index (χ1n) is 11.4. The van der Waals surface area contributed by atoms with E-state index in [-0.39, 0.29) is 0 Å². The highest BCUT2D eigenvalue weighted by molar-refractivity contribution is 6.10. The highest BCUT2D eigenvalue weighted by atomic mass is 16.7. The SMILES string of the molecule is CC1(C)OC(=O)N(C(=O)C2ON=C(c3ccccc3)C2c2ccccc2)[C@H]1Cc1ccccc1. The topological polar surface area (TPSA) is 68.2 Å². The van der Waals surface area contributed by atoms with Gasteiger partial charge in [0.2, 0.25) is 6.10 Å². The number of imide groups is 1. The van der Waals surface area contributed by atoms with Crippen LogP contribution in [0.2, 0.25) is 0 Å². The van der Waals surface area contributed by atoms with Crippen LogP contribution in [-0.2, 0) is 20.8 Å². The maximum Gasteiger partial charge on any atom is 0.417 e. The van der Waals surface area contributed by atoms with E-state index in [0.717, 1.165) is 16.7 Å². The third-order valence-corrected chi connectivity index (χ3v) is 6.50. The van der Waals surface area contributed by atoms with Crippen molar-refractivity contribution in [2.24, 2.45) is 5.16 Å². The van der Waals surface area contributed by atoms with Crippen molar-refractivity contribution in [2.45, 2.75) is 43.9 Å². The molecule has 0 bridgehead atoms. The quantitative estimate of drug-likeness (QED) is 0.548. The van der Waals surface area contributed by atoms with E-state index in [9.17, 15) is 9.59 Å². The lowest BCUT2D eigenvalue weighted by atomic mass is 9.85. The highest BCUT2D eigenvalue weighted by Crippen LogP contribution is 2.38. The Morgan fingerprint density at radius 3 is 2.15 bits per heavy atom. The molecule has 1 saturated heterocycles. The molecule has 2 amide bonds. The Kier molecular flexibility index (Phi) is 5.65. The lowest BCUT2D eigenvalue weighted by Gasteiger charge is -2.30. The van der Waals surface area contributed by atoms with Crippen LogP contribution in [0.1, 0.15) is 36.5 Å². The molecular weight excluding hydrogens is 428 g/mol. The van der Waals surface area contributed by atoms with Gasteiger partial charge in [0.25, 0.3) is 5.91 Å². The number of nitrogens with zero attached hydrogens (tertiary/aromatic N) is 2. The summed E-state index contributed by atoms with van der Waals surface area (Å²) in [7, 11) is 0. The molecule has 0 saturated carbocycles. The Balaban J connectivity index is 1.50. The Bertz CT molecular complexity index is 1210. The summed E-state index contributed by atoms with van der Waals surface area (Å²) in [4.78, 5) is 33.9. The van der Waals surface area contributed by atoms with Crippen molar-refractivity contribution in [1.82, 2.24) is 4.90 Å². The lowest BCUT2D eigenvalue weighted by Crippen LogP contribution is -2.51. The van der Waals surface area contributed by atoms with Gasteiger partial charge in [-0.2, -0.15) is 0 Å². The minimum absolute atomic E-state index is 0.444. The molecule has 3 atom stereocenters. The number of oxime groups is 1. The van der Waals surface area contributed by atoms with Crippen molar-refractivity contribution in [3.8, 4) is 0 Å². The van der Waals surface area contributed by atoms with Gasteiger partial charge in [-0.1, -0.05) is 96.2 Å². The summed E-state index contributed by atoms with van der Waals surface area (Å²) in [5.74, 6) is -0.898. The van der Waals surface area contributed by atoms with Crippen LogP contribution in [0, 0.1) is 0 Å². The minimum atomic E-state index is -0.975. The third-order valence-electron chi connectivity index (χ3n) is 6.50. The fourth-order valence-corrected chi connectivity index (χ4v) is 4.73. The maximum atomic E-state index is 13.9. The van der Waals surface area contributed by atoms with Crippen molar-refractivity contribution < 1.29 is 19.2 Å². The average molecular weight is 455 g/mol. The zero-order valence-corrected chi connectivity index (χ0v) is 19.1. The smallest absolute Gasteiger partial charge is 0.417 e. The second-order valence-electron chi connectivity index (χ2n) is 9.14. The van der Waals surface area contributed by atoms with E-state index >= 15 is 0 Å². The molecule has 0 N–H and O–H groups in total.